The molecule has 0 spiro atoms. The Hall–Kier alpha value is -0.990. The van der Waals surface area contributed by atoms with Crippen LogP contribution >= 0.6 is 22.6 Å². The van der Waals surface area contributed by atoms with Gasteiger partial charge in [-0.1, -0.05) is 0 Å². The summed E-state index contributed by atoms with van der Waals surface area (Å²) in [6, 6.07) is 0. The van der Waals surface area contributed by atoms with Crippen molar-refractivity contribution in [1.29, 1.82) is 0 Å². The van der Waals surface area contributed by atoms with Crippen LogP contribution in [0, 0.1) is 3.57 Å². The fourth-order valence-corrected chi connectivity index (χ4v) is 2.38. The Morgan fingerprint density at radius 2 is 2.06 bits per heavy atom. The SMILES string of the molecule is CC(C)(C(F)F)n1cc(I)c2c(N)ncnc21. The molecule has 17 heavy (non-hydrogen) atoms. The van der Waals surface area contributed by atoms with Crippen LogP contribution in [-0.2, 0) is 5.54 Å². The highest BCUT2D eigenvalue weighted by Crippen LogP contribution is 2.32. The third-order valence-electron chi connectivity index (χ3n) is 2.72. The summed E-state index contributed by atoms with van der Waals surface area (Å²) >= 11 is 2.04. The van der Waals surface area contributed by atoms with Crippen molar-refractivity contribution in [2.24, 2.45) is 0 Å². The molecule has 92 valence electrons. The lowest BCUT2D eigenvalue weighted by atomic mass is 10.1. The molecule has 0 fully saturated rings. The maximum Gasteiger partial charge on any atom is 0.261 e. The minimum absolute atomic E-state index is 0.309. The van der Waals surface area contributed by atoms with E-state index >= 15 is 0 Å². The Bertz CT molecular complexity index is 565. The number of nitrogens with two attached hydrogens (primary N) is 1. The molecule has 0 radical (unpaired) electrons. The Morgan fingerprint density at radius 1 is 1.41 bits per heavy atom. The second-order valence-electron chi connectivity index (χ2n) is 4.26. The summed E-state index contributed by atoms with van der Waals surface area (Å²) in [5.41, 5.74) is 4.84. The summed E-state index contributed by atoms with van der Waals surface area (Å²) in [5, 5.41) is 0.627. The molecule has 2 aromatic rings. The molecule has 2 N–H and O–H groups in total. The smallest absolute Gasteiger partial charge is 0.261 e. The van der Waals surface area contributed by atoms with E-state index in [0.717, 1.165) is 3.57 Å². The molecule has 2 aromatic heterocycles. The predicted molar refractivity (Wildman–Crippen MR) is 70.0 cm³/mol. The normalized spacial score (nSPS) is 12.6. The summed E-state index contributed by atoms with van der Waals surface area (Å²) in [7, 11) is 0. The third kappa shape index (κ3) is 1.85. The first-order valence-electron chi connectivity index (χ1n) is 4.91. The van der Waals surface area contributed by atoms with Crippen molar-refractivity contribution in [1.82, 2.24) is 14.5 Å². The Morgan fingerprint density at radius 3 is 2.65 bits per heavy atom. The molecule has 0 aliphatic rings. The van der Waals surface area contributed by atoms with Crippen molar-refractivity contribution in [3.63, 3.8) is 0 Å². The van der Waals surface area contributed by atoms with E-state index < -0.39 is 12.0 Å². The van der Waals surface area contributed by atoms with E-state index in [1.165, 1.54) is 24.7 Å². The topological polar surface area (TPSA) is 56.7 Å². The van der Waals surface area contributed by atoms with Crippen LogP contribution in [0.3, 0.4) is 0 Å². The number of fused-ring (bicyclic) bond motifs is 1. The van der Waals surface area contributed by atoms with E-state index in [1.54, 1.807) is 6.20 Å². The van der Waals surface area contributed by atoms with E-state index in [4.69, 9.17) is 5.73 Å². The Labute approximate surface area is 110 Å². The lowest BCUT2D eigenvalue weighted by Crippen LogP contribution is -2.34. The first-order chi connectivity index (χ1) is 7.85. The number of aromatic nitrogens is 3. The molecule has 0 saturated heterocycles. The molecule has 0 bridgehead atoms. The van der Waals surface area contributed by atoms with E-state index in [9.17, 15) is 8.78 Å². The summed E-state index contributed by atoms with van der Waals surface area (Å²) in [6.45, 7) is 2.93. The third-order valence-corrected chi connectivity index (χ3v) is 3.54. The average Bonchev–Trinajstić information content (AvgIpc) is 2.58. The van der Waals surface area contributed by atoms with Crippen LogP contribution in [0.4, 0.5) is 14.6 Å². The number of hydrogen-bond acceptors (Lipinski definition) is 3. The van der Waals surface area contributed by atoms with Crippen LogP contribution in [0.15, 0.2) is 12.5 Å². The summed E-state index contributed by atoms with van der Waals surface area (Å²) < 4.78 is 28.3. The minimum Gasteiger partial charge on any atom is -0.383 e. The average molecular weight is 352 g/mol. The van der Waals surface area contributed by atoms with Gasteiger partial charge in [0.1, 0.15) is 23.3 Å². The van der Waals surface area contributed by atoms with E-state index in [2.05, 4.69) is 9.97 Å². The van der Waals surface area contributed by atoms with Crippen molar-refractivity contribution in [3.8, 4) is 0 Å². The van der Waals surface area contributed by atoms with Crippen LogP contribution < -0.4 is 5.73 Å². The van der Waals surface area contributed by atoms with Crippen LogP contribution in [0.25, 0.3) is 11.0 Å². The lowest BCUT2D eigenvalue weighted by molar-refractivity contribution is 0.0301. The first kappa shape index (κ1) is 12.5. The summed E-state index contributed by atoms with van der Waals surface area (Å²) in [6.07, 6.45) is 0.416. The second-order valence-corrected chi connectivity index (χ2v) is 5.42. The highest BCUT2D eigenvalue weighted by atomic mass is 127. The van der Waals surface area contributed by atoms with Gasteiger partial charge >= 0.3 is 0 Å². The van der Waals surface area contributed by atoms with Crippen LogP contribution in [-0.4, -0.2) is 21.0 Å². The zero-order chi connectivity index (χ0) is 12.8. The summed E-state index contributed by atoms with van der Waals surface area (Å²) in [5.74, 6) is 0.309. The zero-order valence-corrected chi connectivity index (χ0v) is 11.4. The van der Waals surface area contributed by atoms with Gasteiger partial charge in [0.05, 0.1) is 5.39 Å². The fourth-order valence-electron chi connectivity index (χ4n) is 1.58. The molecule has 0 aromatic carbocycles. The van der Waals surface area contributed by atoms with Gasteiger partial charge in [-0.05, 0) is 36.4 Å². The van der Waals surface area contributed by atoms with Gasteiger partial charge in [-0.25, -0.2) is 18.7 Å². The molecule has 4 nitrogen and oxygen atoms in total. The number of rotatable bonds is 2. The zero-order valence-electron chi connectivity index (χ0n) is 9.28. The Balaban J connectivity index is 2.77. The molecular weight excluding hydrogens is 341 g/mol. The predicted octanol–water partition coefficient (Wildman–Crippen LogP) is 2.62. The van der Waals surface area contributed by atoms with Crippen molar-refractivity contribution in [2.75, 3.05) is 5.73 Å². The van der Waals surface area contributed by atoms with Crippen molar-refractivity contribution < 1.29 is 8.78 Å². The lowest BCUT2D eigenvalue weighted by Gasteiger charge is -2.26. The number of hydrogen-bond donors (Lipinski definition) is 1. The number of nitrogens with zero attached hydrogens (tertiary/aromatic N) is 3. The maximum absolute atomic E-state index is 13.0. The quantitative estimate of drug-likeness (QED) is 0.846. The van der Waals surface area contributed by atoms with Crippen LogP contribution in [0.1, 0.15) is 13.8 Å². The highest BCUT2D eigenvalue weighted by molar-refractivity contribution is 14.1. The number of nitrogen functional groups attached to an aromatic ring is 1. The van der Waals surface area contributed by atoms with Gasteiger partial charge in [0, 0.05) is 9.77 Å². The van der Waals surface area contributed by atoms with Gasteiger partial charge in [0.2, 0.25) is 0 Å². The standard InChI is InChI=1S/C10H11F2IN4/c1-10(2,9(11)12)17-3-5(13)6-7(14)15-4-16-8(6)17/h3-4,9H,1-2H3,(H2,14,15,16). The maximum atomic E-state index is 13.0. The van der Waals surface area contributed by atoms with Gasteiger partial charge in [-0.3, -0.25) is 0 Å². The molecule has 2 heterocycles. The number of alkyl halides is 2. The Kier molecular flexibility index (Phi) is 2.96. The number of anilines is 1. The van der Waals surface area contributed by atoms with Crippen molar-refractivity contribution >= 4 is 39.4 Å². The molecule has 0 atom stereocenters. The monoisotopic (exact) mass is 352 g/mol. The van der Waals surface area contributed by atoms with E-state index in [1.807, 2.05) is 22.6 Å². The summed E-state index contributed by atoms with van der Waals surface area (Å²) in [4.78, 5) is 7.91. The van der Waals surface area contributed by atoms with Crippen molar-refractivity contribution in [3.05, 3.63) is 16.1 Å². The van der Waals surface area contributed by atoms with Crippen LogP contribution in [0.5, 0.6) is 0 Å². The highest BCUT2D eigenvalue weighted by Gasteiger charge is 2.33. The van der Waals surface area contributed by atoms with Crippen molar-refractivity contribution in [2.45, 2.75) is 25.8 Å². The van der Waals surface area contributed by atoms with Gasteiger partial charge in [0.25, 0.3) is 6.43 Å². The minimum atomic E-state index is -2.50. The first-order valence-corrected chi connectivity index (χ1v) is 5.99. The molecule has 0 aliphatic carbocycles. The molecule has 0 unspecified atom stereocenters. The largest absolute Gasteiger partial charge is 0.383 e. The molecule has 2 rings (SSSR count). The molecular formula is C10H11F2IN4. The van der Waals surface area contributed by atoms with Gasteiger partial charge in [-0.2, -0.15) is 0 Å². The second kappa shape index (κ2) is 4.04. The fraction of sp³-hybridized carbons (Fsp3) is 0.400. The molecule has 0 amide bonds. The van der Waals surface area contributed by atoms with E-state index in [-0.39, 0.29) is 0 Å². The van der Waals surface area contributed by atoms with Crippen LogP contribution in [0.2, 0.25) is 0 Å². The number of halogens is 3. The van der Waals surface area contributed by atoms with Gasteiger partial charge in [-0.15, -0.1) is 0 Å². The molecule has 0 saturated carbocycles. The molecule has 0 aliphatic heterocycles. The van der Waals surface area contributed by atoms with E-state index in [0.29, 0.717) is 16.9 Å². The van der Waals surface area contributed by atoms with Gasteiger partial charge in [0.15, 0.2) is 0 Å². The van der Waals surface area contributed by atoms with Gasteiger partial charge < -0.3 is 10.3 Å². The molecule has 7 heteroatoms.